The number of benzene rings is 2. The van der Waals surface area contributed by atoms with Crippen molar-refractivity contribution in [3.8, 4) is 28.8 Å². The lowest BCUT2D eigenvalue weighted by Crippen LogP contribution is -2.43. The first-order valence-electron chi connectivity index (χ1n) is 11.3. The number of nitrogen functional groups attached to an aromatic ring is 1. The minimum Gasteiger partial charge on any atom is -0.457 e. The molecule has 0 saturated carbocycles. The van der Waals surface area contributed by atoms with Crippen molar-refractivity contribution in [1.29, 1.82) is 5.26 Å². The topological polar surface area (TPSA) is 106 Å². The molecule has 1 atom stereocenters. The predicted octanol–water partition coefficient (Wildman–Crippen LogP) is 5.37. The van der Waals surface area contributed by atoms with Gasteiger partial charge in [0, 0.05) is 18.7 Å². The first kappa shape index (κ1) is 23.2. The van der Waals surface area contributed by atoms with Crippen molar-refractivity contribution in [2.24, 2.45) is 0 Å². The second kappa shape index (κ2) is 9.48. The summed E-state index contributed by atoms with van der Waals surface area (Å²) in [6.45, 7) is 6.60. The van der Waals surface area contributed by atoms with Crippen LogP contribution in [0.1, 0.15) is 45.2 Å². The van der Waals surface area contributed by atoms with Gasteiger partial charge in [0.1, 0.15) is 28.7 Å². The zero-order valence-corrected chi connectivity index (χ0v) is 19.7. The van der Waals surface area contributed by atoms with Crippen LogP contribution in [0.4, 0.5) is 10.6 Å². The largest absolute Gasteiger partial charge is 0.457 e. The number of amides is 1. The maximum absolute atomic E-state index is 12.6. The highest BCUT2D eigenvalue weighted by Gasteiger charge is 2.31. The fraction of sp³-hybridized carbons (Fsp3) is 0.346. The standard InChI is InChI=1S/C26H29N5O3/c1-26(2,3)34-25(32)30-15-7-8-19(17-30)31-23(22(16-27)24(28)29-31)18-11-13-21(14-12-18)33-20-9-5-4-6-10-20/h4-6,9-14,19H,7-8,15,17H2,1-3H3,(H2,28,29)/t19-/m1/s1. The van der Waals surface area contributed by atoms with E-state index in [-0.39, 0.29) is 18.0 Å². The van der Waals surface area contributed by atoms with E-state index in [0.29, 0.717) is 30.1 Å². The van der Waals surface area contributed by atoms with Gasteiger partial charge in [0.15, 0.2) is 5.82 Å². The van der Waals surface area contributed by atoms with Gasteiger partial charge >= 0.3 is 6.09 Å². The van der Waals surface area contributed by atoms with Crippen LogP contribution in [-0.4, -0.2) is 39.5 Å². The number of carbonyl (C=O) groups excluding carboxylic acids is 1. The van der Waals surface area contributed by atoms with Gasteiger partial charge in [-0.1, -0.05) is 18.2 Å². The average molecular weight is 460 g/mol. The van der Waals surface area contributed by atoms with Crippen molar-refractivity contribution in [3.63, 3.8) is 0 Å². The Balaban J connectivity index is 1.61. The van der Waals surface area contributed by atoms with Gasteiger partial charge in [-0.15, -0.1) is 0 Å². The van der Waals surface area contributed by atoms with E-state index in [2.05, 4.69) is 11.2 Å². The van der Waals surface area contributed by atoms with E-state index in [9.17, 15) is 10.1 Å². The van der Waals surface area contributed by atoms with Crippen LogP contribution in [-0.2, 0) is 4.74 Å². The van der Waals surface area contributed by atoms with Crippen molar-refractivity contribution >= 4 is 11.9 Å². The fourth-order valence-corrected chi connectivity index (χ4v) is 4.06. The summed E-state index contributed by atoms with van der Waals surface area (Å²) in [5, 5.41) is 14.3. The number of para-hydroxylation sites is 1. The van der Waals surface area contributed by atoms with Crippen LogP contribution in [0, 0.1) is 11.3 Å². The summed E-state index contributed by atoms with van der Waals surface area (Å²) in [5.74, 6) is 1.60. The molecule has 0 bridgehead atoms. The molecular weight excluding hydrogens is 430 g/mol. The molecule has 1 aliphatic rings. The number of carbonyl (C=O) groups is 1. The second-order valence-electron chi connectivity index (χ2n) is 9.33. The minimum atomic E-state index is -0.567. The number of likely N-dealkylation sites (tertiary alicyclic amines) is 1. The van der Waals surface area contributed by atoms with Gasteiger partial charge in [-0.2, -0.15) is 10.4 Å². The predicted molar refractivity (Wildman–Crippen MR) is 129 cm³/mol. The Morgan fingerprint density at radius 1 is 1.12 bits per heavy atom. The molecule has 2 aromatic carbocycles. The number of nitrogens with zero attached hydrogens (tertiary/aromatic N) is 4. The van der Waals surface area contributed by atoms with Crippen molar-refractivity contribution in [1.82, 2.24) is 14.7 Å². The number of nitrogens with two attached hydrogens (primary N) is 1. The summed E-state index contributed by atoms with van der Waals surface area (Å²) in [4.78, 5) is 14.3. The van der Waals surface area contributed by atoms with E-state index < -0.39 is 5.60 Å². The maximum atomic E-state index is 12.6. The lowest BCUT2D eigenvalue weighted by atomic mass is 10.0. The minimum absolute atomic E-state index is 0.124. The number of ether oxygens (including phenoxy) is 2. The van der Waals surface area contributed by atoms with E-state index in [4.69, 9.17) is 15.2 Å². The van der Waals surface area contributed by atoms with Crippen LogP contribution in [0.2, 0.25) is 0 Å². The number of piperidine rings is 1. The third kappa shape index (κ3) is 5.15. The summed E-state index contributed by atoms with van der Waals surface area (Å²) in [5.41, 5.74) is 7.32. The van der Waals surface area contributed by atoms with Crippen LogP contribution in [0.5, 0.6) is 11.5 Å². The molecule has 0 spiro atoms. The smallest absolute Gasteiger partial charge is 0.410 e. The van der Waals surface area contributed by atoms with Crippen molar-refractivity contribution in [3.05, 3.63) is 60.2 Å². The molecule has 0 unspecified atom stereocenters. The van der Waals surface area contributed by atoms with Gasteiger partial charge in [-0.05, 0) is 70.0 Å². The average Bonchev–Trinajstić information content (AvgIpc) is 3.15. The number of aromatic nitrogens is 2. The molecule has 1 aromatic heterocycles. The van der Waals surface area contributed by atoms with Crippen LogP contribution in [0.15, 0.2) is 54.6 Å². The van der Waals surface area contributed by atoms with Gasteiger partial charge in [0.05, 0.1) is 11.7 Å². The van der Waals surface area contributed by atoms with Crippen molar-refractivity contribution in [2.75, 3.05) is 18.8 Å². The molecular formula is C26H29N5O3. The Kier molecular flexibility index (Phi) is 6.46. The summed E-state index contributed by atoms with van der Waals surface area (Å²) in [6, 6.07) is 19.1. The molecule has 3 aromatic rings. The van der Waals surface area contributed by atoms with Gasteiger partial charge in [-0.3, -0.25) is 4.68 Å². The summed E-state index contributed by atoms with van der Waals surface area (Å²) in [6.07, 6.45) is 1.27. The van der Waals surface area contributed by atoms with Gasteiger partial charge in [0.2, 0.25) is 0 Å². The van der Waals surface area contributed by atoms with E-state index in [1.165, 1.54) is 0 Å². The van der Waals surface area contributed by atoms with Crippen molar-refractivity contribution in [2.45, 2.75) is 45.3 Å². The molecule has 0 radical (unpaired) electrons. The summed E-state index contributed by atoms with van der Waals surface area (Å²) >= 11 is 0. The zero-order valence-electron chi connectivity index (χ0n) is 19.7. The molecule has 2 heterocycles. The molecule has 2 N–H and O–H groups in total. The van der Waals surface area contributed by atoms with Gasteiger partial charge in [0.25, 0.3) is 0 Å². The molecule has 8 nitrogen and oxygen atoms in total. The number of hydrogen-bond acceptors (Lipinski definition) is 6. The zero-order chi connectivity index (χ0) is 24.3. The number of anilines is 1. The SMILES string of the molecule is CC(C)(C)OC(=O)N1CCC[C@@H](n2nc(N)c(C#N)c2-c2ccc(Oc3ccccc3)cc2)C1. The Labute approximate surface area is 199 Å². The molecule has 176 valence electrons. The fourth-order valence-electron chi connectivity index (χ4n) is 4.06. The van der Waals surface area contributed by atoms with E-state index in [0.717, 1.165) is 24.2 Å². The van der Waals surface area contributed by atoms with E-state index in [1.807, 2.05) is 75.4 Å². The first-order chi connectivity index (χ1) is 16.2. The van der Waals surface area contributed by atoms with Crippen LogP contribution >= 0.6 is 0 Å². The highest BCUT2D eigenvalue weighted by Crippen LogP contribution is 2.34. The Bertz CT molecular complexity index is 1190. The van der Waals surface area contributed by atoms with Crippen LogP contribution < -0.4 is 10.5 Å². The molecule has 34 heavy (non-hydrogen) atoms. The highest BCUT2D eigenvalue weighted by molar-refractivity contribution is 5.73. The molecule has 1 fully saturated rings. The first-order valence-corrected chi connectivity index (χ1v) is 11.3. The number of rotatable bonds is 4. The maximum Gasteiger partial charge on any atom is 0.410 e. The quantitative estimate of drug-likeness (QED) is 0.562. The third-order valence-electron chi connectivity index (χ3n) is 5.55. The Morgan fingerprint density at radius 2 is 1.79 bits per heavy atom. The monoisotopic (exact) mass is 459 g/mol. The lowest BCUT2D eigenvalue weighted by molar-refractivity contribution is 0.0168. The molecule has 1 saturated heterocycles. The molecule has 0 aliphatic carbocycles. The number of hydrogen-bond donors (Lipinski definition) is 1. The molecule has 4 rings (SSSR count). The van der Waals surface area contributed by atoms with Gasteiger partial charge in [-0.25, -0.2) is 4.79 Å². The second-order valence-corrected chi connectivity index (χ2v) is 9.33. The lowest BCUT2D eigenvalue weighted by Gasteiger charge is -2.34. The summed E-state index contributed by atoms with van der Waals surface area (Å²) < 4.78 is 13.2. The molecule has 1 amide bonds. The van der Waals surface area contributed by atoms with Crippen molar-refractivity contribution < 1.29 is 14.3 Å². The summed E-state index contributed by atoms with van der Waals surface area (Å²) in [7, 11) is 0. The van der Waals surface area contributed by atoms with Crippen LogP contribution in [0.25, 0.3) is 11.3 Å². The van der Waals surface area contributed by atoms with E-state index >= 15 is 0 Å². The molecule has 8 heteroatoms. The molecule has 1 aliphatic heterocycles. The normalized spacial score (nSPS) is 16.1. The Hall–Kier alpha value is -3.99. The Morgan fingerprint density at radius 3 is 2.44 bits per heavy atom. The van der Waals surface area contributed by atoms with Crippen LogP contribution in [0.3, 0.4) is 0 Å². The van der Waals surface area contributed by atoms with E-state index in [1.54, 1.807) is 9.58 Å². The third-order valence-corrected chi connectivity index (χ3v) is 5.55. The number of nitriles is 1. The van der Waals surface area contributed by atoms with Gasteiger partial charge < -0.3 is 20.1 Å². The highest BCUT2D eigenvalue weighted by atomic mass is 16.6.